The fraction of sp³-hybridized carbons (Fsp3) is 0.0714. The molecule has 2 heterocycles. The highest BCUT2D eigenvalue weighted by Crippen LogP contribution is 2.29. The van der Waals surface area contributed by atoms with E-state index in [0.717, 1.165) is 0 Å². The summed E-state index contributed by atoms with van der Waals surface area (Å²) in [6.07, 6.45) is 1.37. The minimum absolute atomic E-state index is 0.0735. The van der Waals surface area contributed by atoms with E-state index in [1.807, 2.05) is 0 Å². The van der Waals surface area contributed by atoms with E-state index in [1.54, 1.807) is 31.2 Å². The molecule has 1 N–H and O–H groups in total. The van der Waals surface area contributed by atoms with Gasteiger partial charge >= 0.3 is 0 Å². The zero-order chi connectivity index (χ0) is 15.0. The van der Waals surface area contributed by atoms with Gasteiger partial charge in [0.15, 0.2) is 11.6 Å². The van der Waals surface area contributed by atoms with Crippen molar-refractivity contribution in [2.45, 2.75) is 6.92 Å². The van der Waals surface area contributed by atoms with Gasteiger partial charge in [-0.1, -0.05) is 29.3 Å². The summed E-state index contributed by atoms with van der Waals surface area (Å²) in [4.78, 5) is 12.3. The Hall–Kier alpha value is -1.98. The Kier molecular flexibility index (Phi) is 3.61. The van der Waals surface area contributed by atoms with E-state index in [9.17, 15) is 4.39 Å². The molecule has 0 aliphatic heterocycles. The van der Waals surface area contributed by atoms with Gasteiger partial charge in [-0.05, 0) is 30.7 Å². The first kappa shape index (κ1) is 14.0. The van der Waals surface area contributed by atoms with Crippen molar-refractivity contribution >= 4 is 45.7 Å². The first-order chi connectivity index (χ1) is 10.1. The lowest BCUT2D eigenvalue weighted by molar-refractivity contribution is 0.631. The molecule has 1 aromatic carbocycles. The van der Waals surface area contributed by atoms with Crippen LogP contribution in [0.25, 0.3) is 11.0 Å². The van der Waals surface area contributed by atoms with Crippen LogP contribution in [0.2, 0.25) is 10.2 Å². The molecule has 0 aliphatic rings. The highest BCUT2D eigenvalue weighted by molar-refractivity contribution is 6.31. The zero-order valence-electron chi connectivity index (χ0n) is 10.9. The average molecular weight is 323 g/mol. The first-order valence-electron chi connectivity index (χ1n) is 6.05. The lowest BCUT2D eigenvalue weighted by atomic mass is 10.2. The van der Waals surface area contributed by atoms with Crippen molar-refractivity contribution in [2.24, 2.45) is 0 Å². The molecule has 0 saturated carbocycles. The van der Waals surface area contributed by atoms with Gasteiger partial charge in [0.1, 0.15) is 17.0 Å². The van der Waals surface area contributed by atoms with Gasteiger partial charge in [0.25, 0.3) is 0 Å². The van der Waals surface area contributed by atoms with Gasteiger partial charge in [-0.2, -0.15) is 0 Å². The van der Waals surface area contributed by atoms with E-state index >= 15 is 0 Å². The molecule has 0 radical (unpaired) electrons. The van der Waals surface area contributed by atoms with Crippen molar-refractivity contribution in [3.05, 3.63) is 52.1 Å². The lowest BCUT2D eigenvalue weighted by Gasteiger charge is -2.10. The number of rotatable bonds is 2. The summed E-state index contributed by atoms with van der Waals surface area (Å²) in [5, 5.41) is 3.26. The topological polar surface area (TPSA) is 50.7 Å². The Morgan fingerprint density at radius 1 is 1.10 bits per heavy atom. The minimum atomic E-state index is -0.537. The Bertz CT molecular complexity index is 839. The van der Waals surface area contributed by atoms with E-state index in [0.29, 0.717) is 27.6 Å². The Labute approximate surface area is 130 Å². The SMILES string of the molecule is Cc1ccc(Nc2ncnc3ccc(Cl)nc23)c(F)c1Cl. The number of benzene rings is 1. The fourth-order valence-corrected chi connectivity index (χ4v) is 2.19. The molecule has 7 heteroatoms. The highest BCUT2D eigenvalue weighted by atomic mass is 35.5. The van der Waals surface area contributed by atoms with Crippen molar-refractivity contribution in [1.29, 1.82) is 0 Å². The fourth-order valence-electron chi connectivity index (χ4n) is 1.88. The second kappa shape index (κ2) is 5.42. The quantitative estimate of drug-likeness (QED) is 0.704. The number of aryl methyl sites for hydroxylation is 1. The molecule has 0 spiro atoms. The van der Waals surface area contributed by atoms with E-state index in [4.69, 9.17) is 23.2 Å². The summed E-state index contributed by atoms with van der Waals surface area (Å²) in [6, 6.07) is 6.66. The smallest absolute Gasteiger partial charge is 0.165 e. The molecule has 0 amide bonds. The van der Waals surface area contributed by atoms with Crippen molar-refractivity contribution in [3.63, 3.8) is 0 Å². The number of aromatic nitrogens is 3. The summed E-state index contributed by atoms with van der Waals surface area (Å²) in [6.45, 7) is 1.73. The number of hydrogen-bond donors (Lipinski definition) is 1. The van der Waals surface area contributed by atoms with Crippen molar-refractivity contribution in [1.82, 2.24) is 15.0 Å². The van der Waals surface area contributed by atoms with Crippen molar-refractivity contribution < 1.29 is 4.39 Å². The van der Waals surface area contributed by atoms with Gasteiger partial charge in [-0.25, -0.2) is 19.3 Å². The Morgan fingerprint density at radius 3 is 2.71 bits per heavy atom. The van der Waals surface area contributed by atoms with Crippen LogP contribution in [0.4, 0.5) is 15.9 Å². The van der Waals surface area contributed by atoms with E-state index in [-0.39, 0.29) is 10.7 Å². The molecule has 3 aromatic rings. The third-order valence-electron chi connectivity index (χ3n) is 2.98. The van der Waals surface area contributed by atoms with Gasteiger partial charge in [0.2, 0.25) is 0 Å². The standard InChI is InChI=1S/C14H9Cl2FN4/c1-7-2-3-8(12(17)11(7)16)20-14-13-9(18-6-19-14)4-5-10(15)21-13/h2-6H,1H3,(H,18,19,20). The number of nitrogens with one attached hydrogen (secondary N) is 1. The molecule has 21 heavy (non-hydrogen) atoms. The summed E-state index contributed by atoms with van der Waals surface area (Å²) < 4.78 is 14.1. The summed E-state index contributed by atoms with van der Waals surface area (Å²) in [7, 11) is 0. The van der Waals surface area contributed by atoms with Crippen LogP contribution in [0, 0.1) is 12.7 Å². The predicted octanol–water partition coefficient (Wildman–Crippen LogP) is 4.52. The van der Waals surface area contributed by atoms with Gasteiger partial charge < -0.3 is 5.32 Å². The van der Waals surface area contributed by atoms with Crippen LogP contribution in [0.15, 0.2) is 30.6 Å². The van der Waals surface area contributed by atoms with Crippen LogP contribution < -0.4 is 5.32 Å². The molecule has 0 atom stereocenters. The zero-order valence-corrected chi connectivity index (χ0v) is 12.4. The molecule has 0 unspecified atom stereocenters. The van der Waals surface area contributed by atoms with E-state index in [1.165, 1.54) is 6.33 Å². The first-order valence-corrected chi connectivity index (χ1v) is 6.81. The largest absolute Gasteiger partial charge is 0.336 e. The highest BCUT2D eigenvalue weighted by Gasteiger charge is 2.12. The van der Waals surface area contributed by atoms with Crippen LogP contribution in [0.5, 0.6) is 0 Å². The average Bonchev–Trinajstić information content (AvgIpc) is 2.48. The van der Waals surface area contributed by atoms with E-state index < -0.39 is 5.82 Å². The molecular formula is C14H9Cl2FN4. The van der Waals surface area contributed by atoms with Gasteiger partial charge in [-0.15, -0.1) is 0 Å². The predicted molar refractivity (Wildman–Crippen MR) is 81.8 cm³/mol. The van der Waals surface area contributed by atoms with Gasteiger partial charge in [-0.3, -0.25) is 0 Å². The normalized spacial score (nSPS) is 10.9. The molecule has 0 saturated heterocycles. The van der Waals surface area contributed by atoms with Crippen LogP contribution in [-0.2, 0) is 0 Å². The maximum Gasteiger partial charge on any atom is 0.165 e. The second-order valence-electron chi connectivity index (χ2n) is 4.41. The molecule has 106 valence electrons. The molecular weight excluding hydrogens is 314 g/mol. The van der Waals surface area contributed by atoms with Crippen molar-refractivity contribution in [2.75, 3.05) is 5.32 Å². The molecule has 0 aliphatic carbocycles. The molecule has 0 bridgehead atoms. The molecule has 4 nitrogen and oxygen atoms in total. The monoisotopic (exact) mass is 322 g/mol. The molecule has 0 fully saturated rings. The number of nitrogens with zero attached hydrogens (tertiary/aromatic N) is 3. The molecule has 2 aromatic heterocycles. The van der Waals surface area contributed by atoms with E-state index in [2.05, 4.69) is 20.3 Å². The van der Waals surface area contributed by atoms with Crippen molar-refractivity contribution in [3.8, 4) is 0 Å². The number of pyridine rings is 1. The third kappa shape index (κ3) is 2.62. The van der Waals surface area contributed by atoms with Crippen LogP contribution in [-0.4, -0.2) is 15.0 Å². The van der Waals surface area contributed by atoms with Gasteiger partial charge in [0.05, 0.1) is 16.2 Å². The number of anilines is 2. The summed E-state index contributed by atoms with van der Waals surface area (Å²) >= 11 is 11.8. The Balaban J connectivity index is 2.10. The van der Waals surface area contributed by atoms with Gasteiger partial charge in [0, 0.05) is 0 Å². The van der Waals surface area contributed by atoms with Crippen LogP contribution in [0.1, 0.15) is 5.56 Å². The number of hydrogen-bond acceptors (Lipinski definition) is 4. The lowest BCUT2D eigenvalue weighted by Crippen LogP contribution is -2.00. The van der Waals surface area contributed by atoms with Crippen LogP contribution >= 0.6 is 23.2 Å². The summed E-state index contributed by atoms with van der Waals surface area (Å²) in [5.74, 6) is -0.174. The van der Waals surface area contributed by atoms with Crippen LogP contribution in [0.3, 0.4) is 0 Å². The Morgan fingerprint density at radius 2 is 1.90 bits per heavy atom. The number of halogens is 3. The second-order valence-corrected chi connectivity index (χ2v) is 5.17. The molecule has 3 rings (SSSR count). The summed E-state index contributed by atoms with van der Waals surface area (Å²) in [5.41, 5.74) is 1.94. The third-order valence-corrected chi connectivity index (χ3v) is 3.65. The minimum Gasteiger partial charge on any atom is -0.336 e. The maximum atomic E-state index is 14.1. The maximum absolute atomic E-state index is 14.1. The number of fused-ring (bicyclic) bond motifs is 1.